The first-order valence-corrected chi connectivity index (χ1v) is 9.88. The molecule has 3 aromatic rings. The van der Waals surface area contributed by atoms with Crippen LogP contribution < -0.4 is 20.1 Å². The van der Waals surface area contributed by atoms with Gasteiger partial charge in [-0.1, -0.05) is 36.4 Å². The van der Waals surface area contributed by atoms with Gasteiger partial charge in [0.2, 0.25) is 0 Å². The van der Waals surface area contributed by atoms with E-state index in [-0.39, 0.29) is 17.8 Å². The number of H-pyrrole nitrogens is 1. The number of hydrogen-bond donors (Lipinski definition) is 2. The van der Waals surface area contributed by atoms with Crippen molar-refractivity contribution in [2.24, 2.45) is 0 Å². The molecular weight excluding hydrogens is 367 g/mol. The van der Waals surface area contributed by atoms with E-state index in [1.54, 1.807) is 12.1 Å². The second-order valence-electron chi connectivity index (χ2n) is 7.23. The Morgan fingerprint density at radius 3 is 2.31 bits per heavy atom. The van der Waals surface area contributed by atoms with Crippen LogP contribution in [0.3, 0.4) is 0 Å². The van der Waals surface area contributed by atoms with Gasteiger partial charge in [-0.25, -0.2) is 9.37 Å². The van der Waals surface area contributed by atoms with Crippen molar-refractivity contribution >= 4 is 17.4 Å². The lowest BCUT2D eigenvalue weighted by atomic mass is 10.0. The summed E-state index contributed by atoms with van der Waals surface area (Å²) in [6, 6.07) is 21.5. The number of anilines is 2. The average Bonchev–Trinajstić information content (AvgIpc) is 2.77. The molecule has 2 heterocycles. The van der Waals surface area contributed by atoms with Crippen LogP contribution in [0, 0.1) is 5.82 Å². The highest BCUT2D eigenvalue weighted by atomic mass is 19.1. The van der Waals surface area contributed by atoms with E-state index in [0.717, 1.165) is 37.6 Å². The first kappa shape index (κ1) is 19.1. The number of nitrogens with one attached hydrogen (secondary N) is 3. The van der Waals surface area contributed by atoms with Crippen LogP contribution in [0.15, 0.2) is 79.0 Å². The fourth-order valence-corrected chi connectivity index (χ4v) is 3.87. The van der Waals surface area contributed by atoms with E-state index in [0.29, 0.717) is 5.69 Å². The number of nitrogens with zero attached hydrogens (tertiary/aromatic N) is 1. The van der Waals surface area contributed by atoms with Crippen molar-refractivity contribution in [2.45, 2.75) is 6.04 Å². The Bertz CT molecular complexity index is 926. The van der Waals surface area contributed by atoms with E-state index in [4.69, 9.17) is 0 Å². The standard InChI is InChI=1S/C23H23FN4O/c24-19-9-11-20(12-10-19)26-23(29)22(18-6-2-1-3-7-18)28-16-14-27(15-17-28)21-8-4-5-13-25-21/h1-13,22H,14-17H2,(H,26,29)/p+2/t22-/m0/s1. The highest BCUT2D eigenvalue weighted by Crippen LogP contribution is 2.15. The van der Waals surface area contributed by atoms with Crippen LogP contribution >= 0.6 is 0 Å². The van der Waals surface area contributed by atoms with Crippen LogP contribution in [0.5, 0.6) is 0 Å². The molecule has 0 spiro atoms. The Balaban J connectivity index is 1.51. The summed E-state index contributed by atoms with van der Waals surface area (Å²) in [6.07, 6.45) is 1.93. The van der Waals surface area contributed by atoms with E-state index in [2.05, 4.69) is 21.3 Å². The van der Waals surface area contributed by atoms with E-state index in [9.17, 15) is 9.18 Å². The predicted molar refractivity (Wildman–Crippen MR) is 110 cm³/mol. The third-order valence-corrected chi connectivity index (χ3v) is 5.35. The van der Waals surface area contributed by atoms with Gasteiger partial charge in [-0.3, -0.25) is 9.69 Å². The van der Waals surface area contributed by atoms with Gasteiger partial charge in [0.1, 0.15) is 32.0 Å². The molecule has 1 aromatic heterocycles. The molecule has 5 nitrogen and oxygen atoms in total. The summed E-state index contributed by atoms with van der Waals surface area (Å²) >= 11 is 0. The number of benzene rings is 2. The maximum atomic E-state index is 13.2. The summed E-state index contributed by atoms with van der Waals surface area (Å²) in [6.45, 7) is 3.42. The maximum absolute atomic E-state index is 13.2. The lowest BCUT2D eigenvalue weighted by Gasteiger charge is -2.33. The highest BCUT2D eigenvalue weighted by molar-refractivity contribution is 5.94. The first-order chi connectivity index (χ1) is 14.2. The monoisotopic (exact) mass is 392 g/mol. The SMILES string of the molecule is O=C(Nc1ccc(F)cc1)[C@H](c1ccccc1)[NH+]1CCN(c2cccc[nH+]2)CC1. The van der Waals surface area contributed by atoms with Crippen LogP contribution in [0.4, 0.5) is 15.9 Å². The van der Waals surface area contributed by atoms with Gasteiger partial charge >= 0.3 is 0 Å². The van der Waals surface area contributed by atoms with Crippen LogP contribution in [-0.2, 0) is 4.79 Å². The Morgan fingerprint density at radius 2 is 1.66 bits per heavy atom. The minimum atomic E-state index is -0.318. The average molecular weight is 392 g/mol. The number of halogens is 1. The molecule has 29 heavy (non-hydrogen) atoms. The fraction of sp³-hybridized carbons (Fsp3) is 0.217. The fourth-order valence-electron chi connectivity index (χ4n) is 3.87. The minimum Gasteiger partial charge on any atom is -0.321 e. The lowest BCUT2D eigenvalue weighted by molar-refractivity contribution is -0.922. The normalized spacial score (nSPS) is 15.7. The van der Waals surface area contributed by atoms with E-state index in [1.165, 1.54) is 17.0 Å². The van der Waals surface area contributed by atoms with Gasteiger partial charge in [-0.2, -0.15) is 0 Å². The molecular formula is C23H25FN4O+2. The third kappa shape index (κ3) is 4.60. The zero-order valence-electron chi connectivity index (χ0n) is 16.1. The number of pyridine rings is 1. The summed E-state index contributed by atoms with van der Waals surface area (Å²) in [4.78, 5) is 20.0. The molecule has 1 amide bonds. The third-order valence-electron chi connectivity index (χ3n) is 5.35. The molecule has 4 rings (SSSR count). The van der Waals surface area contributed by atoms with Crippen molar-refractivity contribution in [2.75, 3.05) is 36.4 Å². The van der Waals surface area contributed by atoms with E-state index < -0.39 is 0 Å². The Kier molecular flexibility index (Phi) is 5.81. The Morgan fingerprint density at radius 1 is 0.966 bits per heavy atom. The second-order valence-corrected chi connectivity index (χ2v) is 7.23. The Hall–Kier alpha value is -3.25. The number of aromatic amines is 1. The summed E-state index contributed by atoms with van der Waals surface area (Å²) in [5, 5.41) is 2.96. The van der Waals surface area contributed by atoms with Gasteiger partial charge in [-0.15, -0.1) is 0 Å². The summed E-state index contributed by atoms with van der Waals surface area (Å²) in [5.74, 6) is 0.707. The highest BCUT2D eigenvalue weighted by Gasteiger charge is 2.36. The van der Waals surface area contributed by atoms with Gasteiger partial charge in [0.15, 0.2) is 6.04 Å². The molecule has 1 aliphatic heterocycles. The molecule has 0 saturated carbocycles. The van der Waals surface area contributed by atoms with Crippen LogP contribution in [0.1, 0.15) is 11.6 Å². The van der Waals surface area contributed by atoms with Crippen molar-refractivity contribution in [1.82, 2.24) is 0 Å². The number of carbonyl (C=O) groups excluding carboxylic acids is 1. The molecule has 1 aliphatic rings. The first-order valence-electron chi connectivity index (χ1n) is 9.88. The number of quaternary nitrogens is 1. The number of carbonyl (C=O) groups is 1. The molecule has 6 heteroatoms. The molecule has 1 saturated heterocycles. The van der Waals surface area contributed by atoms with Gasteiger partial charge in [-0.05, 0) is 30.3 Å². The molecule has 148 valence electrons. The summed E-state index contributed by atoms with van der Waals surface area (Å²) in [5.41, 5.74) is 1.59. The molecule has 0 unspecified atom stereocenters. The van der Waals surface area contributed by atoms with Crippen molar-refractivity contribution in [3.05, 3.63) is 90.4 Å². The van der Waals surface area contributed by atoms with Crippen LogP contribution in [-0.4, -0.2) is 32.1 Å². The van der Waals surface area contributed by atoms with E-state index >= 15 is 0 Å². The zero-order chi connectivity index (χ0) is 20.1. The smallest absolute Gasteiger partial charge is 0.287 e. The number of aromatic nitrogens is 1. The molecule has 1 fully saturated rings. The largest absolute Gasteiger partial charge is 0.321 e. The molecule has 0 radical (unpaired) electrons. The van der Waals surface area contributed by atoms with Crippen molar-refractivity contribution in [1.29, 1.82) is 0 Å². The van der Waals surface area contributed by atoms with Gasteiger partial charge in [0, 0.05) is 17.3 Å². The zero-order valence-corrected chi connectivity index (χ0v) is 16.1. The van der Waals surface area contributed by atoms with Gasteiger partial charge in [0.05, 0.1) is 6.20 Å². The maximum Gasteiger partial charge on any atom is 0.287 e. The summed E-state index contributed by atoms with van der Waals surface area (Å²) < 4.78 is 13.2. The quantitative estimate of drug-likeness (QED) is 0.695. The van der Waals surface area contributed by atoms with Crippen LogP contribution in [0.2, 0.25) is 0 Å². The topological polar surface area (TPSA) is 50.9 Å². The van der Waals surface area contributed by atoms with Crippen molar-refractivity contribution < 1.29 is 19.1 Å². The number of amides is 1. The van der Waals surface area contributed by atoms with Crippen LogP contribution in [0.25, 0.3) is 0 Å². The molecule has 1 atom stereocenters. The van der Waals surface area contributed by atoms with Crippen molar-refractivity contribution in [3.63, 3.8) is 0 Å². The summed E-state index contributed by atoms with van der Waals surface area (Å²) in [7, 11) is 0. The minimum absolute atomic E-state index is 0.0717. The second kappa shape index (κ2) is 8.84. The molecule has 3 N–H and O–H groups in total. The van der Waals surface area contributed by atoms with Crippen molar-refractivity contribution in [3.8, 4) is 0 Å². The number of piperazine rings is 1. The molecule has 0 aliphatic carbocycles. The van der Waals surface area contributed by atoms with Gasteiger partial charge < -0.3 is 10.2 Å². The predicted octanol–water partition coefficient (Wildman–Crippen LogP) is 1.72. The molecule has 2 aromatic carbocycles. The number of rotatable bonds is 5. The van der Waals surface area contributed by atoms with Gasteiger partial charge in [0.25, 0.3) is 11.7 Å². The number of hydrogen-bond acceptors (Lipinski definition) is 2. The molecule has 0 bridgehead atoms. The lowest BCUT2D eigenvalue weighted by Crippen LogP contribution is -3.16. The van der Waals surface area contributed by atoms with E-state index in [1.807, 2.05) is 48.7 Å². The Labute approximate surface area is 169 Å².